The van der Waals surface area contributed by atoms with Crippen molar-refractivity contribution in [3.8, 4) is 11.3 Å². The van der Waals surface area contributed by atoms with E-state index in [1.165, 1.54) is 12.1 Å². The predicted molar refractivity (Wildman–Crippen MR) is 128 cm³/mol. The van der Waals surface area contributed by atoms with Gasteiger partial charge in [0, 0.05) is 40.3 Å². The van der Waals surface area contributed by atoms with Crippen LogP contribution in [0.15, 0.2) is 54.9 Å². The maximum atomic E-state index is 13.3. The molecule has 0 saturated carbocycles. The Morgan fingerprint density at radius 2 is 1.82 bits per heavy atom. The van der Waals surface area contributed by atoms with Crippen LogP contribution in [0.5, 0.6) is 0 Å². The molecule has 1 amide bonds. The van der Waals surface area contributed by atoms with Gasteiger partial charge in [0.15, 0.2) is 0 Å². The summed E-state index contributed by atoms with van der Waals surface area (Å²) in [5, 5.41) is 4.64. The van der Waals surface area contributed by atoms with Crippen molar-refractivity contribution in [1.29, 1.82) is 0 Å². The molecule has 2 aromatic carbocycles. The van der Waals surface area contributed by atoms with Crippen molar-refractivity contribution in [1.82, 2.24) is 20.3 Å². The Bertz CT molecular complexity index is 1290. The highest BCUT2D eigenvalue weighted by atomic mass is 35.5. The molecule has 1 atom stereocenters. The van der Waals surface area contributed by atoms with Crippen LogP contribution in [0.25, 0.3) is 22.2 Å². The molecule has 0 unspecified atom stereocenters. The number of hydrogen-bond acceptors (Lipinski definition) is 3. The monoisotopic (exact) mass is 468 g/mol. The number of benzene rings is 2. The zero-order valence-corrected chi connectivity index (χ0v) is 19.7. The van der Waals surface area contributed by atoms with Crippen LogP contribution in [0.4, 0.5) is 9.18 Å². The Balaban J connectivity index is 1.71. The van der Waals surface area contributed by atoms with E-state index < -0.39 is 17.2 Å². The molecule has 0 aliphatic heterocycles. The van der Waals surface area contributed by atoms with Crippen LogP contribution in [-0.2, 0) is 16.7 Å². The van der Waals surface area contributed by atoms with Crippen molar-refractivity contribution in [2.24, 2.45) is 0 Å². The molecule has 0 bridgehead atoms. The molecule has 0 aliphatic rings. The highest BCUT2D eigenvalue weighted by molar-refractivity contribution is 6.31. The molecule has 0 aliphatic carbocycles. The van der Waals surface area contributed by atoms with Gasteiger partial charge in [-0.2, -0.15) is 0 Å². The molecule has 4 aromatic rings. The number of H-pyrrole nitrogens is 2. The van der Waals surface area contributed by atoms with Crippen LogP contribution < -0.4 is 5.32 Å². The van der Waals surface area contributed by atoms with E-state index in [9.17, 15) is 9.18 Å². The normalized spacial score (nSPS) is 13.6. The summed E-state index contributed by atoms with van der Waals surface area (Å²) < 4.78 is 18.9. The summed E-state index contributed by atoms with van der Waals surface area (Å²) in [6.07, 6.45) is 3.53. The van der Waals surface area contributed by atoms with Gasteiger partial charge in [0.25, 0.3) is 0 Å². The SMILES string of the molecule is CC(C)(C)OC(=O)N[C@](C)(Cc1c[nH]c2cc(Cl)ccc12)c1nc(-c2ccc(F)cc2)c[nH]1. The zero-order valence-electron chi connectivity index (χ0n) is 18.9. The van der Waals surface area contributed by atoms with Gasteiger partial charge in [-0.15, -0.1) is 0 Å². The van der Waals surface area contributed by atoms with Crippen LogP contribution in [0.3, 0.4) is 0 Å². The van der Waals surface area contributed by atoms with E-state index in [0.717, 1.165) is 22.0 Å². The number of amides is 1. The van der Waals surface area contributed by atoms with E-state index in [1.807, 2.05) is 52.1 Å². The fourth-order valence-corrected chi connectivity index (χ4v) is 3.95. The van der Waals surface area contributed by atoms with Gasteiger partial charge in [0.05, 0.1) is 5.69 Å². The maximum Gasteiger partial charge on any atom is 0.408 e. The lowest BCUT2D eigenvalue weighted by molar-refractivity contribution is 0.0456. The highest BCUT2D eigenvalue weighted by Gasteiger charge is 2.35. The third-order valence-electron chi connectivity index (χ3n) is 5.29. The third kappa shape index (κ3) is 5.20. The number of aromatic nitrogens is 3. The second-order valence-corrected chi connectivity index (χ2v) is 9.72. The average molecular weight is 469 g/mol. The summed E-state index contributed by atoms with van der Waals surface area (Å²) in [5.74, 6) is 0.237. The van der Waals surface area contributed by atoms with Crippen molar-refractivity contribution >= 4 is 28.6 Å². The van der Waals surface area contributed by atoms with E-state index in [0.29, 0.717) is 23.0 Å². The minimum atomic E-state index is -0.921. The second kappa shape index (κ2) is 8.56. The minimum absolute atomic E-state index is 0.314. The molecule has 2 heterocycles. The van der Waals surface area contributed by atoms with Gasteiger partial charge in [-0.25, -0.2) is 14.2 Å². The van der Waals surface area contributed by atoms with E-state index >= 15 is 0 Å². The van der Waals surface area contributed by atoms with Crippen molar-refractivity contribution in [2.45, 2.75) is 45.3 Å². The molecule has 0 spiro atoms. The molecule has 33 heavy (non-hydrogen) atoms. The Hall–Kier alpha value is -3.32. The number of rotatable bonds is 5. The lowest BCUT2D eigenvalue weighted by Crippen LogP contribution is -2.48. The van der Waals surface area contributed by atoms with Crippen molar-refractivity contribution < 1.29 is 13.9 Å². The van der Waals surface area contributed by atoms with E-state index in [1.54, 1.807) is 18.3 Å². The lowest BCUT2D eigenvalue weighted by Gasteiger charge is -2.30. The van der Waals surface area contributed by atoms with Crippen LogP contribution in [0.2, 0.25) is 5.02 Å². The maximum absolute atomic E-state index is 13.3. The van der Waals surface area contributed by atoms with Crippen molar-refractivity contribution in [3.63, 3.8) is 0 Å². The molecule has 172 valence electrons. The number of fused-ring (bicyclic) bond motifs is 1. The zero-order chi connectivity index (χ0) is 23.8. The summed E-state index contributed by atoms with van der Waals surface area (Å²) >= 11 is 6.13. The van der Waals surface area contributed by atoms with Gasteiger partial charge in [-0.3, -0.25) is 0 Å². The first-order valence-corrected chi connectivity index (χ1v) is 11.0. The van der Waals surface area contributed by atoms with Gasteiger partial charge in [-0.1, -0.05) is 17.7 Å². The first kappa shape index (κ1) is 22.9. The number of aromatic amines is 2. The van der Waals surface area contributed by atoms with Crippen molar-refractivity contribution in [3.05, 3.63) is 77.1 Å². The average Bonchev–Trinajstić information content (AvgIpc) is 3.35. The smallest absolute Gasteiger partial charge is 0.408 e. The molecule has 0 saturated heterocycles. The fourth-order valence-electron chi connectivity index (χ4n) is 3.77. The predicted octanol–water partition coefficient (Wildman–Crippen LogP) is 6.33. The minimum Gasteiger partial charge on any atom is -0.444 e. The third-order valence-corrected chi connectivity index (χ3v) is 5.53. The molecule has 8 heteroatoms. The molecule has 0 radical (unpaired) electrons. The molecular weight excluding hydrogens is 443 g/mol. The van der Waals surface area contributed by atoms with Gasteiger partial charge in [-0.05, 0) is 69.7 Å². The molecular formula is C25H26ClFN4O2. The summed E-state index contributed by atoms with van der Waals surface area (Å²) in [7, 11) is 0. The Kier molecular flexibility index (Phi) is 5.93. The number of hydrogen-bond donors (Lipinski definition) is 3. The number of carbonyl (C=O) groups excluding carboxylic acids is 1. The number of alkyl carbamates (subject to hydrolysis) is 1. The van der Waals surface area contributed by atoms with E-state index in [4.69, 9.17) is 21.3 Å². The standard InChI is InChI=1S/C25H26ClFN4O2/c1-24(2,3)33-23(32)31-25(4,12-16-13-28-20-11-17(26)7-10-19(16)20)22-29-14-21(30-22)15-5-8-18(27)9-6-15/h5-11,13-14,28H,12H2,1-4H3,(H,29,30)(H,31,32)/t25-/m1/s1. The molecule has 4 rings (SSSR count). The Morgan fingerprint density at radius 3 is 2.52 bits per heavy atom. The highest BCUT2D eigenvalue weighted by Crippen LogP contribution is 2.31. The fraction of sp³-hybridized carbons (Fsp3) is 0.280. The molecule has 2 aromatic heterocycles. The van der Waals surface area contributed by atoms with Gasteiger partial charge < -0.3 is 20.0 Å². The first-order chi connectivity index (χ1) is 15.5. The largest absolute Gasteiger partial charge is 0.444 e. The number of halogens is 2. The van der Waals surface area contributed by atoms with E-state index in [-0.39, 0.29) is 5.82 Å². The number of nitrogens with zero attached hydrogens (tertiary/aromatic N) is 1. The Labute approximate surface area is 196 Å². The van der Waals surface area contributed by atoms with Crippen molar-refractivity contribution in [2.75, 3.05) is 0 Å². The second-order valence-electron chi connectivity index (χ2n) is 9.28. The Morgan fingerprint density at radius 1 is 1.09 bits per heavy atom. The summed E-state index contributed by atoms with van der Waals surface area (Å²) in [6, 6.07) is 11.7. The summed E-state index contributed by atoms with van der Waals surface area (Å²) in [4.78, 5) is 23.9. The molecule has 3 N–H and O–H groups in total. The number of nitrogens with one attached hydrogen (secondary N) is 3. The van der Waals surface area contributed by atoms with Gasteiger partial charge in [0.1, 0.15) is 22.8 Å². The number of carbonyl (C=O) groups is 1. The first-order valence-electron chi connectivity index (χ1n) is 10.6. The summed E-state index contributed by atoms with van der Waals surface area (Å²) in [6.45, 7) is 7.32. The van der Waals surface area contributed by atoms with Crippen LogP contribution in [0.1, 0.15) is 39.1 Å². The lowest BCUT2D eigenvalue weighted by atomic mass is 9.91. The van der Waals surface area contributed by atoms with Gasteiger partial charge >= 0.3 is 6.09 Å². The van der Waals surface area contributed by atoms with E-state index in [2.05, 4.69) is 15.3 Å². The quantitative estimate of drug-likeness (QED) is 0.320. The molecule has 6 nitrogen and oxygen atoms in total. The molecule has 0 fully saturated rings. The topological polar surface area (TPSA) is 82.8 Å². The summed E-state index contributed by atoms with van der Waals surface area (Å²) in [5.41, 5.74) is 1.73. The van der Waals surface area contributed by atoms with Crippen LogP contribution >= 0.6 is 11.6 Å². The van der Waals surface area contributed by atoms with Gasteiger partial charge in [0.2, 0.25) is 0 Å². The van der Waals surface area contributed by atoms with Crippen LogP contribution in [0, 0.1) is 5.82 Å². The number of ether oxygens (including phenoxy) is 1. The number of imidazole rings is 1. The van der Waals surface area contributed by atoms with Crippen LogP contribution in [-0.4, -0.2) is 26.6 Å².